The molecule has 33 heavy (non-hydrogen) atoms. The van der Waals surface area contributed by atoms with Crippen molar-refractivity contribution in [1.82, 2.24) is 14.7 Å². The Labute approximate surface area is 207 Å². The fourth-order valence-electron chi connectivity index (χ4n) is 5.65. The summed E-state index contributed by atoms with van der Waals surface area (Å²) in [4.78, 5) is 25.0. The first-order chi connectivity index (χ1) is 15.5. The van der Waals surface area contributed by atoms with E-state index < -0.39 is 0 Å². The standard InChI is InChI=1S/C26H43N5O.ClH/c1-21(2)28-11-15-30(16-12-28)25-23(19-27-9-5-6-10-27)7-8-24(20-32)26(25)31-17-13-29(14-18-31)22(3)4;/h7-8,20-22H,5-6,9-19H2,1-4H3;1H. The molecule has 0 radical (unpaired) electrons. The van der Waals surface area contributed by atoms with E-state index in [1.165, 1.54) is 42.9 Å². The summed E-state index contributed by atoms with van der Waals surface area (Å²) in [6, 6.07) is 5.48. The Morgan fingerprint density at radius 1 is 0.727 bits per heavy atom. The molecule has 0 saturated carbocycles. The molecule has 3 aliphatic rings. The topological polar surface area (TPSA) is 33.3 Å². The van der Waals surface area contributed by atoms with Gasteiger partial charge in [-0.1, -0.05) is 6.07 Å². The van der Waals surface area contributed by atoms with Crippen LogP contribution in [0.4, 0.5) is 11.4 Å². The third-order valence-electron chi connectivity index (χ3n) is 7.71. The van der Waals surface area contributed by atoms with Crippen molar-refractivity contribution < 1.29 is 4.79 Å². The van der Waals surface area contributed by atoms with Gasteiger partial charge in [0.2, 0.25) is 0 Å². The second-order valence-corrected chi connectivity index (χ2v) is 10.3. The highest BCUT2D eigenvalue weighted by Gasteiger charge is 2.29. The van der Waals surface area contributed by atoms with Crippen LogP contribution >= 0.6 is 12.4 Å². The normalized spacial score (nSPS) is 21.2. The predicted octanol–water partition coefficient (Wildman–Crippen LogP) is 3.58. The average molecular weight is 478 g/mol. The highest BCUT2D eigenvalue weighted by molar-refractivity contribution is 5.93. The van der Waals surface area contributed by atoms with Crippen LogP contribution < -0.4 is 9.80 Å². The van der Waals surface area contributed by atoms with Crippen molar-refractivity contribution in [3.63, 3.8) is 0 Å². The molecule has 4 rings (SSSR count). The summed E-state index contributed by atoms with van der Waals surface area (Å²) < 4.78 is 0. The second-order valence-electron chi connectivity index (χ2n) is 10.3. The number of carbonyl (C=O) groups is 1. The first kappa shape index (κ1) is 26.3. The van der Waals surface area contributed by atoms with Gasteiger partial charge in [0.25, 0.3) is 0 Å². The van der Waals surface area contributed by atoms with E-state index >= 15 is 0 Å². The lowest BCUT2D eigenvalue weighted by atomic mass is 10.0. The van der Waals surface area contributed by atoms with Gasteiger partial charge in [0.15, 0.2) is 6.29 Å². The average Bonchev–Trinajstić information content (AvgIpc) is 3.32. The molecule has 3 aliphatic heterocycles. The number of aldehydes is 1. The molecule has 3 heterocycles. The number of anilines is 2. The number of benzene rings is 1. The lowest BCUT2D eigenvalue weighted by Crippen LogP contribution is -2.51. The van der Waals surface area contributed by atoms with E-state index in [1.807, 2.05) is 0 Å². The Hall–Kier alpha value is -1.34. The molecule has 0 unspecified atom stereocenters. The van der Waals surface area contributed by atoms with Crippen molar-refractivity contribution >= 4 is 30.1 Å². The summed E-state index contributed by atoms with van der Waals surface area (Å²) in [5.74, 6) is 0. The van der Waals surface area contributed by atoms with Crippen LogP contribution in [-0.4, -0.2) is 98.5 Å². The van der Waals surface area contributed by atoms with E-state index in [2.05, 4.69) is 64.3 Å². The summed E-state index contributed by atoms with van der Waals surface area (Å²) in [7, 11) is 0. The molecule has 0 spiro atoms. The van der Waals surface area contributed by atoms with E-state index in [1.54, 1.807) is 0 Å². The number of halogens is 1. The van der Waals surface area contributed by atoms with Crippen molar-refractivity contribution in [1.29, 1.82) is 0 Å². The molecule has 0 aromatic heterocycles. The van der Waals surface area contributed by atoms with Gasteiger partial charge in [0.05, 0.1) is 11.4 Å². The monoisotopic (exact) mass is 477 g/mol. The lowest BCUT2D eigenvalue weighted by Gasteiger charge is -2.43. The molecule has 7 heteroatoms. The summed E-state index contributed by atoms with van der Waals surface area (Å²) in [5.41, 5.74) is 4.78. The zero-order valence-corrected chi connectivity index (χ0v) is 21.9. The molecule has 1 aromatic carbocycles. The van der Waals surface area contributed by atoms with Crippen LogP contribution in [0.5, 0.6) is 0 Å². The number of nitrogens with zero attached hydrogens (tertiary/aromatic N) is 5. The Kier molecular flexibility index (Phi) is 9.45. The van der Waals surface area contributed by atoms with Crippen LogP contribution in [-0.2, 0) is 6.54 Å². The van der Waals surface area contributed by atoms with Crippen molar-refractivity contribution in [2.75, 3.05) is 75.2 Å². The molecule has 0 bridgehead atoms. The van der Waals surface area contributed by atoms with Gasteiger partial charge in [0, 0.05) is 76.5 Å². The minimum atomic E-state index is 0. The first-order valence-electron chi connectivity index (χ1n) is 12.8. The molecule has 0 aliphatic carbocycles. The van der Waals surface area contributed by atoms with Crippen molar-refractivity contribution in [3.8, 4) is 0 Å². The van der Waals surface area contributed by atoms with Gasteiger partial charge >= 0.3 is 0 Å². The molecule has 1 aromatic rings. The number of hydrogen-bond donors (Lipinski definition) is 0. The maximum atomic E-state index is 12.2. The molecule has 0 atom stereocenters. The van der Waals surface area contributed by atoms with E-state index in [0.717, 1.165) is 70.8 Å². The van der Waals surface area contributed by atoms with E-state index in [0.29, 0.717) is 12.1 Å². The maximum Gasteiger partial charge on any atom is 0.152 e. The smallest absolute Gasteiger partial charge is 0.152 e. The van der Waals surface area contributed by atoms with Crippen LogP contribution in [0, 0.1) is 0 Å². The minimum absolute atomic E-state index is 0. The van der Waals surface area contributed by atoms with Gasteiger partial charge in [0.1, 0.15) is 0 Å². The zero-order valence-electron chi connectivity index (χ0n) is 21.1. The Morgan fingerprint density at radius 2 is 1.21 bits per heavy atom. The van der Waals surface area contributed by atoms with E-state index in [9.17, 15) is 4.79 Å². The number of hydrogen-bond acceptors (Lipinski definition) is 6. The molecule has 0 amide bonds. The lowest BCUT2D eigenvalue weighted by molar-refractivity contribution is 0.112. The van der Waals surface area contributed by atoms with Crippen molar-refractivity contribution in [3.05, 3.63) is 23.3 Å². The third kappa shape index (κ3) is 6.02. The second kappa shape index (κ2) is 11.9. The Morgan fingerprint density at radius 3 is 1.67 bits per heavy atom. The Balaban J connectivity index is 0.00000306. The Bertz CT molecular complexity index is 764. The van der Waals surface area contributed by atoms with Gasteiger partial charge < -0.3 is 9.80 Å². The van der Waals surface area contributed by atoms with Crippen LogP contribution in [0.1, 0.15) is 56.5 Å². The highest BCUT2D eigenvalue weighted by Crippen LogP contribution is 2.38. The summed E-state index contributed by atoms with van der Waals surface area (Å²) >= 11 is 0. The fourth-order valence-corrected chi connectivity index (χ4v) is 5.65. The van der Waals surface area contributed by atoms with Gasteiger partial charge in [-0.05, 0) is 65.3 Å². The van der Waals surface area contributed by atoms with Gasteiger partial charge in [-0.3, -0.25) is 19.5 Å². The first-order valence-corrected chi connectivity index (χ1v) is 12.8. The zero-order chi connectivity index (χ0) is 22.7. The number of piperazine rings is 2. The van der Waals surface area contributed by atoms with Crippen LogP contribution in [0.3, 0.4) is 0 Å². The fraction of sp³-hybridized carbons (Fsp3) is 0.731. The molecular formula is C26H44ClN5O. The van der Waals surface area contributed by atoms with Gasteiger partial charge in [-0.25, -0.2) is 0 Å². The van der Waals surface area contributed by atoms with Crippen LogP contribution in [0.25, 0.3) is 0 Å². The van der Waals surface area contributed by atoms with Crippen LogP contribution in [0.2, 0.25) is 0 Å². The molecule has 6 nitrogen and oxygen atoms in total. The van der Waals surface area contributed by atoms with E-state index in [-0.39, 0.29) is 12.4 Å². The van der Waals surface area contributed by atoms with Crippen molar-refractivity contribution in [2.45, 2.75) is 59.2 Å². The summed E-state index contributed by atoms with van der Waals surface area (Å²) in [5, 5.41) is 0. The molecule has 186 valence electrons. The number of rotatable bonds is 7. The summed E-state index contributed by atoms with van der Waals surface area (Å²) in [6.45, 7) is 20.9. The molecule has 3 saturated heterocycles. The number of carbonyl (C=O) groups excluding carboxylic acids is 1. The molecular weight excluding hydrogens is 434 g/mol. The van der Waals surface area contributed by atoms with Crippen molar-refractivity contribution in [2.24, 2.45) is 0 Å². The molecule has 0 N–H and O–H groups in total. The molecule has 3 fully saturated rings. The van der Waals surface area contributed by atoms with Gasteiger partial charge in [-0.15, -0.1) is 12.4 Å². The quantitative estimate of drug-likeness (QED) is 0.558. The maximum absolute atomic E-state index is 12.2. The highest BCUT2D eigenvalue weighted by atomic mass is 35.5. The largest absolute Gasteiger partial charge is 0.367 e. The number of likely N-dealkylation sites (tertiary alicyclic amines) is 1. The summed E-state index contributed by atoms with van der Waals surface area (Å²) in [6.07, 6.45) is 3.69. The minimum Gasteiger partial charge on any atom is -0.367 e. The van der Waals surface area contributed by atoms with Gasteiger partial charge in [-0.2, -0.15) is 0 Å². The van der Waals surface area contributed by atoms with E-state index in [4.69, 9.17) is 0 Å². The SMILES string of the molecule is CC(C)N1CCN(c2c(C=O)ccc(CN3CCCC3)c2N2CCN(C(C)C)CC2)CC1.Cl. The third-order valence-corrected chi connectivity index (χ3v) is 7.71. The van der Waals surface area contributed by atoms with Crippen LogP contribution in [0.15, 0.2) is 12.1 Å². The predicted molar refractivity (Wildman–Crippen MR) is 141 cm³/mol.